The van der Waals surface area contributed by atoms with E-state index in [1.807, 2.05) is 0 Å². The number of halogens is 1. The maximum atomic E-state index is 11.8. The number of pyridine rings is 1. The van der Waals surface area contributed by atoms with Gasteiger partial charge in [-0.2, -0.15) is 0 Å². The third-order valence-corrected chi connectivity index (χ3v) is 6.21. The Labute approximate surface area is 208 Å². The predicted octanol–water partition coefficient (Wildman–Crippen LogP) is 5.57. The highest BCUT2D eigenvalue weighted by Gasteiger charge is 2.16. The molecule has 1 amide bonds. The van der Waals surface area contributed by atoms with Crippen molar-refractivity contribution in [3.05, 3.63) is 64.8 Å². The molecule has 4 N–H and O–H groups in total. The minimum Gasteiger partial charge on any atom is -0.496 e. The number of ether oxygens (including phenoxy) is 2. The second-order valence-electron chi connectivity index (χ2n) is 8.11. The van der Waals surface area contributed by atoms with Crippen molar-refractivity contribution in [2.45, 2.75) is 32.2 Å². The van der Waals surface area contributed by atoms with Gasteiger partial charge in [-0.15, -0.1) is 0 Å². The van der Waals surface area contributed by atoms with Crippen molar-refractivity contribution < 1.29 is 14.3 Å². The van der Waals surface area contributed by atoms with E-state index in [0.29, 0.717) is 50.0 Å². The molecule has 34 heavy (non-hydrogen) atoms. The zero-order valence-corrected chi connectivity index (χ0v) is 20.4. The van der Waals surface area contributed by atoms with Crippen LogP contribution in [0.1, 0.15) is 36.5 Å². The van der Waals surface area contributed by atoms with Crippen LogP contribution in [-0.2, 0) is 0 Å². The topological polar surface area (TPSA) is 98.5 Å². The van der Waals surface area contributed by atoms with Crippen LogP contribution in [0.2, 0.25) is 5.02 Å². The quantitative estimate of drug-likeness (QED) is 0.303. The molecule has 0 saturated carbocycles. The number of amides is 1. The van der Waals surface area contributed by atoms with E-state index in [1.54, 1.807) is 42.6 Å². The lowest BCUT2D eigenvalue weighted by Gasteiger charge is -2.23. The number of anilines is 1. The number of carbonyl (C=O) groups is 1. The number of nitrogens with two attached hydrogens (primary N) is 1. The fraction of sp³-hybridized carbons (Fsp3) is 0.240. The minimum absolute atomic E-state index is 0.245. The molecule has 1 unspecified atom stereocenters. The molecule has 1 aliphatic rings. The van der Waals surface area contributed by atoms with Crippen LogP contribution in [-0.4, -0.2) is 29.2 Å². The van der Waals surface area contributed by atoms with Crippen molar-refractivity contribution in [1.82, 2.24) is 10.3 Å². The van der Waals surface area contributed by atoms with Gasteiger partial charge in [0.25, 0.3) is 5.91 Å². The summed E-state index contributed by atoms with van der Waals surface area (Å²) in [4.78, 5) is 16.2. The molecule has 0 spiro atoms. The fourth-order valence-corrected chi connectivity index (χ4v) is 4.32. The van der Waals surface area contributed by atoms with E-state index < -0.39 is 5.91 Å². The SMILES string of the molecule is COc1cc2nccc(Oc3ccc(NC(=S)NC4CC=C(C)CC4)c(Cl)c3)c2cc1C(N)=O. The lowest BCUT2D eigenvalue weighted by atomic mass is 9.96. The number of hydrogen-bond acceptors (Lipinski definition) is 5. The lowest BCUT2D eigenvalue weighted by Crippen LogP contribution is -2.38. The molecule has 0 fully saturated rings. The Hall–Kier alpha value is -3.36. The van der Waals surface area contributed by atoms with Gasteiger partial charge in [-0.05, 0) is 62.7 Å². The largest absolute Gasteiger partial charge is 0.496 e. The average molecular weight is 497 g/mol. The summed E-state index contributed by atoms with van der Waals surface area (Å²) in [7, 11) is 1.47. The summed E-state index contributed by atoms with van der Waals surface area (Å²) in [5.41, 5.74) is 8.45. The summed E-state index contributed by atoms with van der Waals surface area (Å²) >= 11 is 12.0. The maximum absolute atomic E-state index is 11.8. The summed E-state index contributed by atoms with van der Waals surface area (Å²) in [6.07, 6.45) is 6.94. The summed E-state index contributed by atoms with van der Waals surface area (Å²) in [6, 6.07) is 10.6. The number of nitrogens with zero attached hydrogens (tertiary/aromatic N) is 1. The number of methoxy groups -OCH3 is 1. The summed E-state index contributed by atoms with van der Waals surface area (Å²) in [6.45, 7) is 2.15. The third kappa shape index (κ3) is 5.40. The van der Waals surface area contributed by atoms with Gasteiger partial charge in [-0.3, -0.25) is 9.78 Å². The minimum atomic E-state index is -0.601. The van der Waals surface area contributed by atoms with Gasteiger partial charge in [0.2, 0.25) is 0 Å². The van der Waals surface area contributed by atoms with Crippen molar-refractivity contribution in [2.75, 3.05) is 12.4 Å². The number of allylic oxidation sites excluding steroid dienone is 1. The second kappa shape index (κ2) is 10.3. The number of benzene rings is 2. The lowest BCUT2D eigenvalue weighted by molar-refractivity contribution is 0.0997. The van der Waals surface area contributed by atoms with Crippen LogP contribution in [0, 0.1) is 0 Å². The Balaban J connectivity index is 1.51. The van der Waals surface area contributed by atoms with Gasteiger partial charge in [-0.25, -0.2) is 0 Å². The molecule has 9 heteroatoms. The monoisotopic (exact) mass is 496 g/mol. The molecule has 7 nitrogen and oxygen atoms in total. The van der Waals surface area contributed by atoms with E-state index >= 15 is 0 Å². The number of primary amides is 1. The molecule has 176 valence electrons. The van der Waals surface area contributed by atoms with Gasteiger partial charge >= 0.3 is 0 Å². The number of nitrogens with one attached hydrogen (secondary N) is 2. The van der Waals surface area contributed by atoms with Gasteiger partial charge in [0, 0.05) is 29.8 Å². The van der Waals surface area contributed by atoms with Crippen molar-refractivity contribution in [1.29, 1.82) is 0 Å². The first-order valence-electron chi connectivity index (χ1n) is 10.8. The van der Waals surface area contributed by atoms with Crippen LogP contribution in [0.15, 0.2) is 54.2 Å². The third-order valence-electron chi connectivity index (χ3n) is 5.68. The Morgan fingerprint density at radius 1 is 1.24 bits per heavy atom. The highest BCUT2D eigenvalue weighted by molar-refractivity contribution is 7.80. The first-order valence-corrected chi connectivity index (χ1v) is 11.6. The van der Waals surface area contributed by atoms with Crippen molar-refractivity contribution in [3.63, 3.8) is 0 Å². The first kappa shape index (κ1) is 23.8. The Bertz CT molecular complexity index is 1290. The molecule has 0 bridgehead atoms. The van der Waals surface area contributed by atoms with Crippen molar-refractivity contribution >= 4 is 51.4 Å². The molecule has 3 aromatic rings. The summed E-state index contributed by atoms with van der Waals surface area (Å²) < 4.78 is 11.3. The fourth-order valence-electron chi connectivity index (χ4n) is 3.83. The smallest absolute Gasteiger partial charge is 0.252 e. The Morgan fingerprint density at radius 2 is 2.06 bits per heavy atom. The van der Waals surface area contributed by atoms with E-state index in [1.165, 1.54) is 12.7 Å². The number of fused-ring (bicyclic) bond motifs is 1. The summed E-state index contributed by atoms with van der Waals surface area (Å²) in [5, 5.41) is 8.11. The van der Waals surface area contributed by atoms with Gasteiger partial charge < -0.3 is 25.8 Å². The molecular formula is C25H25ClN4O3S. The Morgan fingerprint density at radius 3 is 2.74 bits per heavy atom. The van der Waals surface area contributed by atoms with Crippen molar-refractivity contribution in [3.8, 4) is 17.2 Å². The average Bonchev–Trinajstić information content (AvgIpc) is 2.81. The van der Waals surface area contributed by atoms with E-state index in [2.05, 4.69) is 28.6 Å². The van der Waals surface area contributed by atoms with Crippen LogP contribution in [0.25, 0.3) is 10.9 Å². The highest BCUT2D eigenvalue weighted by atomic mass is 35.5. The zero-order chi connectivity index (χ0) is 24.2. The molecule has 1 atom stereocenters. The number of thiocarbonyl (C=S) groups is 1. The normalized spacial score (nSPS) is 15.4. The molecular weight excluding hydrogens is 472 g/mol. The molecule has 2 aromatic carbocycles. The van der Waals surface area contributed by atoms with Gasteiger partial charge in [-0.1, -0.05) is 23.3 Å². The van der Waals surface area contributed by atoms with E-state index in [-0.39, 0.29) is 5.56 Å². The summed E-state index contributed by atoms with van der Waals surface area (Å²) in [5.74, 6) is 0.777. The van der Waals surface area contributed by atoms with Gasteiger partial charge in [0.1, 0.15) is 17.2 Å². The van der Waals surface area contributed by atoms with E-state index in [4.69, 9.17) is 39.0 Å². The van der Waals surface area contributed by atoms with Gasteiger partial charge in [0.05, 0.1) is 28.9 Å². The standard InChI is InChI=1S/C25H25ClN4O3S/c1-14-3-5-15(6-4-14)29-25(34)30-20-8-7-16(11-19(20)26)33-22-9-10-28-21-13-23(32-2)18(24(27)31)12-17(21)22/h3,7-13,15H,4-6H2,1-2H3,(H2,27,31)(H2,29,30,34). The zero-order valence-electron chi connectivity index (χ0n) is 18.9. The molecule has 1 aliphatic carbocycles. The molecule has 1 heterocycles. The van der Waals surface area contributed by atoms with Crippen LogP contribution in [0.4, 0.5) is 5.69 Å². The van der Waals surface area contributed by atoms with Crippen LogP contribution < -0.4 is 25.8 Å². The molecule has 0 radical (unpaired) electrons. The number of carbonyl (C=O) groups excluding carboxylic acids is 1. The molecule has 0 aliphatic heterocycles. The van der Waals surface area contributed by atoms with Crippen LogP contribution in [0.5, 0.6) is 17.2 Å². The molecule has 0 saturated heterocycles. The van der Waals surface area contributed by atoms with Gasteiger partial charge in [0.15, 0.2) is 5.11 Å². The molecule has 1 aromatic heterocycles. The van der Waals surface area contributed by atoms with Crippen LogP contribution >= 0.6 is 23.8 Å². The maximum Gasteiger partial charge on any atom is 0.252 e. The van der Waals surface area contributed by atoms with E-state index in [9.17, 15) is 4.79 Å². The van der Waals surface area contributed by atoms with Crippen molar-refractivity contribution in [2.24, 2.45) is 5.73 Å². The number of hydrogen-bond donors (Lipinski definition) is 3. The number of rotatable bonds is 6. The predicted molar refractivity (Wildman–Crippen MR) is 139 cm³/mol. The highest BCUT2D eigenvalue weighted by Crippen LogP contribution is 2.35. The first-order chi connectivity index (χ1) is 16.3. The second-order valence-corrected chi connectivity index (χ2v) is 8.92. The Kier molecular flexibility index (Phi) is 7.19. The molecule has 4 rings (SSSR count). The van der Waals surface area contributed by atoms with E-state index in [0.717, 1.165) is 19.3 Å². The van der Waals surface area contributed by atoms with Crippen LogP contribution in [0.3, 0.4) is 0 Å². The number of aromatic nitrogens is 1.